The Labute approximate surface area is 182 Å². The summed E-state index contributed by atoms with van der Waals surface area (Å²) in [5.41, 5.74) is 0. The maximum absolute atomic E-state index is 11.5. The van der Waals surface area contributed by atoms with E-state index in [4.69, 9.17) is 27.9 Å². The summed E-state index contributed by atoms with van der Waals surface area (Å²) < 4.78 is 28.7. The average molecular weight is 536 g/mol. The van der Waals surface area contributed by atoms with E-state index in [0.717, 1.165) is 0 Å². The van der Waals surface area contributed by atoms with Crippen molar-refractivity contribution in [2.75, 3.05) is 31.2 Å². The molecule has 1 atom stereocenters. The molecule has 2 rings (SSSR count). The molecule has 1 unspecified atom stereocenters. The van der Waals surface area contributed by atoms with E-state index in [1.807, 2.05) is 6.92 Å². The quantitative estimate of drug-likeness (QED) is 0.243. The topological polar surface area (TPSA) is 79.8 Å². The predicted molar refractivity (Wildman–Crippen MR) is 118 cm³/mol. The molecule has 1 fully saturated rings. The summed E-state index contributed by atoms with van der Waals surface area (Å²) in [5, 5.41) is 7.35. The van der Waals surface area contributed by atoms with E-state index in [1.54, 1.807) is 18.2 Å². The van der Waals surface area contributed by atoms with Crippen LogP contribution in [0.3, 0.4) is 0 Å². The van der Waals surface area contributed by atoms with Gasteiger partial charge in [-0.25, -0.2) is 8.42 Å². The maximum Gasteiger partial charge on any atom is 0.191 e. The number of hydrogen-bond donors (Lipinski definition) is 2. The van der Waals surface area contributed by atoms with Crippen molar-refractivity contribution in [2.45, 2.75) is 25.8 Å². The Kier molecular flexibility index (Phi) is 10.3. The number of halogens is 3. The Hall–Kier alpha value is -0.450. The Balaban J connectivity index is 0.00000338. The normalized spacial score (nSPS) is 18.9. The zero-order valence-corrected chi connectivity index (χ0v) is 19.2. The summed E-state index contributed by atoms with van der Waals surface area (Å²) in [6, 6.07) is 5.02. The van der Waals surface area contributed by atoms with Crippen molar-refractivity contribution >= 4 is 63.0 Å². The zero-order chi connectivity index (χ0) is 18.3. The van der Waals surface area contributed by atoms with Crippen molar-refractivity contribution in [1.82, 2.24) is 10.6 Å². The van der Waals surface area contributed by atoms with Gasteiger partial charge in [0.15, 0.2) is 15.8 Å². The third-order valence-corrected chi connectivity index (χ3v) is 5.94. The minimum atomic E-state index is -2.91. The molecule has 0 aromatic heterocycles. The number of nitrogens with zero attached hydrogens (tertiary/aromatic N) is 1. The number of nitrogens with one attached hydrogen (secondary N) is 2. The van der Waals surface area contributed by atoms with Crippen LogP contribution >= 0.6 is 47.2 Å². The molecular weight excluding hydrogens is 512 g/mol. The molecule has 6 nitrogen and oxygen atoms in total. The lowest BCUT2D eigenvalue weighted by molar-refractivity contribution is 0.313. The van der Waals surface area contributed by atoms with Crippen molar-refractivity contribution < 1.29 is 13.2 Å². The molecule has 1 heterocycles. The Morgan fingerprint density at radius 3 is 2.77 bits per heavy atom. The summed E-state index contributed by atoms with van der Waals surface area (Å²) in [6.07, 6.45) is 1.32. The van der Waals surface area contributed by atoms with Gasteiger partial charge in [0.05, 0.1) is 23.1 Å². The summed E-state index contributed by atoms with van der Waals surface area (Å²) >= 11 is 11.9. The minimum absolute atomic E-state index is 0. The molecule has 26 heavy (non-hydrogen) atoms. The molecule has 1 saturated heterocycles. The first-order chi connectivity index (χ1) is 11.9. The van der Waals surface area contributed by atoms with E-state index in [1.165, 1.54) is 0 Å². The van der Waals surface area contributed by atoms with Crippen LogP contribution in [0.5, 0.6) is 5.75 Å². The number of hydrogen-bond acceptors (Lipinski definition) is 4. The lowest BCUT2D eigenvalue weighted by atomic mass is 10.3. The molecular formula is C16H24Cl2IN3O3S. The first-order valence-corrected chi connectivity index (χ1v) is 10.8. The summed E-state index contributed by atoms with van der Waals surface area (Å²) in [4.78, 5) is 4.46. The van der Waals surface area contributed by atoms with Crippen LogP contribution in [0.2, 0.25) is 10.0 Å². The minimum Gasteiger partial charge on any atom is -0.492 e. The van der Waals surface area contributed by atoms with Crippen LogP contribution in [0.25, 0.3) is 0 Å². The van der Waals surface area contributed by atoms with E-state index < -0.39 is 9.84 Å². The van der Waals surface area contributed by atoms with E-state index in [-0.39, 0.29) is 41.5 Å². The standard InChI is InChI=1S/C16H23Cl2N3O3S.HI/c1-2-19-16(21-13-6-9-25(22,23)11-13)20-7-3-8-24-15-5-4-12(17)10-14(15)18;/h4-5,10,13H,2-3,6-9,11H2,1H3,(H2,19,20,21);1H. The van der Waals surface area contributed by atoms with Gasteiger partial charge in [0, 0.05) is 30.6 Å². The smallest absolute Gasteiger partial charge is 0.191 e. The fraction of sp³-hybridized carbons (Fsp3) is 0.562. The van der Waals surface area contributed by atoms with Gasteiger partial charge in [0.2, 0.25) is 0 Å². The molecule has 148 valence electrons. The van der Waals surface area contributed by atoms with Gasteiger partial charge in [-0.05, 0) is 31.5 Å². The van der Waals surface area contributed by atoms with Gasteiger partial charge in [0.25, 0.3) is 0 Å². The second kappa shape index (κ2) is 11.4. The second-order valence-electron chi connectivity index (χ2n) is 5.78. The number of sulfone groups is 1. The first-order valence-electron chi connectivity index (χ1n) is 8.23. The molecule has 0 amide bonds. The highest BCUT2D eigenvalue weighted by Crippen LogP contribution is 2.27. The van der Waals surface area contributed by atoms with Crippen LogP contribution in [-0.4, -0.2) is 51.6 Å². The molecule has 2 N–H and O–H groups in total. The zero-order valence-electron chi connectivity index (χ0n) is 14.5. The summed E-state index contributed by atoms with van der Waals surface area (Å²) in [7, 11) is -2.91. The van der Waals surface area contributed by atoms with Crippen LogP contribution in [0.4, 0.5) is 0 Å². The lowest BCUT2D eigenvalue weighted by Gasteiger charge is -2.15. The molecule has 0 bridgehead atoms. The second-order valence-corrected chi connectivity index (χ2v) is 8.85. The largest absolute Gasteiger partial charge is 0.492 e. The van der Waals surface area contributed by atoms with Gasteiger partial charge in [-0.1, -0.05) is 23.2 Å². The Morgan fingerprint density at radius 2 is 2.15 bits per heavy atom. The van der Waals surface area contributed by atoms with E-state index in [9.17, 15) is 8.42 Å². The highest BCUT2D eigenvalue weighted by Gasteiger charge is 2.28. The molecule has 0 aliphatic carbocycles. The molecule has 1 aliphatic heterocycles. The van der Waals surface area contributed by atoms with Gasteiger partial charge >= 0.3 is 0 Å². The van der Waals surface area contributed by atoms with Gasteiger partial charge < -0.3 is 15.4 Å². The average Bonchev–Trinajstić information content (AvgIpc) is 2.87. The monoisotopic (exact) mass is 535 g/mol. The molecule has 1 aromatic rings. The molecule has 0 spiro atoms. The van der Waals surface area contributed by atoms with Crippen molar-refractivity contribution in [2.24, 2.45) is 4.99 Å². The van der Waals surface area contributed by atoms with E-state index in [2.05, 4.69) is 15.6 Å². The van der Waals surface area contributed by atoms with Crippen molar-refractivity contribution in [1.29, 1.82) is 0 Å². The predicted octanol–water partition coefficient (Wildman–Crippen LogP) is 3.12. The van der Waals surface area contributed by atoms with Gasteiger partial charge in [0.1, 0.15) is 5.75 Å². The van der Waals surface area contributed by atoms with E-state index >= 15 is 0 Å². The van der Waals surface area contributed by atoms with Crippen LogP contribution in [0, 0.1) is 0 Å². The Bertz CT molecular complexity index is 717. The summed E-state index contributed by atoms with van der Waals surface area (Å²) in [6.45, 7) is 3.71. The number of guanidine groups is 1. The highest BCUT2D eigenvalue weighted by atomic mass is 127. The van der Waals surface area contributed by atoms with Crippen molar-refractivity contribution in [3.63, 3.8) is 0 Å². The maximum atomic E-state index is 11.5. The number of aliphatic imine (C=N–C) groups is 1. The molecule has 1 aliphatic rings. The van der Waals surface area contributed by atoms with Gasteiger partial charge in [-0.15, -0.1) is 24.0 Å². The van der Waals surface area contributed by atoms with Crippen LogP contribution in [0.1, 0.15) is 19.8 Å². The first kappa shape index (κ1) is 23.6. The number of ether oxygens (including phenoxy) is 1. The summed E-state index contributed by atoms with van der Waals surface area (Å²) in [5.74, 6) is 1.63. The number of rotatable bonds is 7. The lowest BCUT2D eigenvalue weighted by Crippen LogP contribution is -2.44. The third kappa shape index (κ3) is 8.06. The van der Waals surface area contributed by atoms with Crippen molar-refractivity contribution in [3.05, 3.63) is 28.2 Å². The third-order valence-electron chi connectivity index (χ3n) is 3.64. The van der Waals surface area contributed by atoms with Crippen LogP contribution in [-0.2, 0) is 9.84 Å². The SMILES string of the molecule is CCNC(=NCCCOc1ccc(Cl)cc1Cl)NC1CCS(=O)(=O)C1.I. The van der Waals surface area contributed by atoms with Gasteiger partial charge in [-0.3, -0.25) is 4.99 Å². The molecule has 10 heteroatoms. The van der Waals surface area contributed by atoms with E-state index in [0.29, 0.717) is 54.3 Å². The number of benzene rings is 1. The van der Waals surface area contributed by atoms with Crippen LogP contribution in [0.15, 0.2) is 23.2 Å². The fourth-order valence-corrected chi connectivity index (χ4v) is 4.59. The van der Waals surface area contributed by atoms with Gasteiger partial charge in [-0.2, -0.15) is 0 Å². The molecule has 0 radical (unpaired) electrons. The van der Waals surface area contributed by atoms with Crippen molar-refractivity contribution in [3.8, 4) is 5.75 Å². The Morgan fingerprint density at radius 1 is 1.38 bits per heavy atom. The molecule has 0 saturated carbocycles. The fourth-order valence-electron chi connectivity index (χ4n) is 2.45. The molecule has 1 aromatic carbocycles. The van der Waals surface area contributed by atoms with Crippen LogP contribution < -0.4 is 15.4 Å². The highest BCUT2D eigenvalue weighted by molar-refractivity contribution is 14.0.